The van der Waals surface area contributed by atoms with Gasteiger partial charge in [-0.05, 0) is 50.8 Å². The average molecular weight is 287 g/mol. The lowest BCUT2D eigenvalue weighted by atomic mass is 9.98. The number of pyridine rings is 1. The summed E-state index contributed by atoms with van der Waals surface area (Å²) in [4.78, 5) is 10.5. The molecule has 0 amide bonds. The van der Waals surface area contributed by atoms with Crippen molar-refractivity contribution in [2.75, 3.05) is 6.54 Å². The molecule has 4 heteroatoms. The van der Waals surface area contributed by atoms with E-state index in [1.165, 1.54) is 41.0 Å². The van der Waals surface area contributed by atoms with Gasteiger partial charge in [-0.25, -0.2) is 4.98 Å². The van der Waals surface area contributed by atoms with E-state index in [9.17, 15) is 0 Å². The first-order valence-electron chi connectivity index (χ1n) is 7.43. The zero-order valence-electron chi connectivity index (χ0n) is 12.1. The maximum absolute atomic E-state index is 4.89. The van der Waals surface area contributed by atoms with E-state index in [0.29, 0.717) is 6.04 Å². The largest absolute Gasteiger partial charge is 0.309 e. The second kappa shape index (κ2) is 6.02. The zero-order chi connectivity index (χ0) is 13.9. The summed E-state index contributed by atoms with van der Waals surface area (Å²) in [7, 11) is 0. The van der Waals surface area contributed by atoms with Gasteiger partial charge in [-0.2, -0.15) is 0 Å². The van der Waals surface area contributed by atoms with Crippen molar-refractivity contribution in [2.24, 2.45) is 0 Å². The summed E-state index contributed by atoms with van der Waals surface area (Å²) in [5.41, 5.74) is 3.74. The first-order valence-corrected chi connectivity index (χ1v) is 8.25. The second-order valence-electron chi connectivity index (χ2n) is 5.42. The van der Waals surface area contributed by atoms with Gasteiger partial charge in [0.2, 0.25) is 0 Å². The van der Waals surface area contributed by atoms with Crippen LogP contribution >= 0.6 is 11.3 Å². The highest BCUT2D eigenvalue weighted by Crippen LogP contribution is 2.38. The molecule has 2 aromatic heterocycles. The topological polar surface area (TPSA) is 37.8 Å². The SMILES string of the molecule is CCCNC1CCCc2nc(-c3ccncc3C)sc21. The van der Waals surface area contributed by atoms with Gasteiger partial charge in [-0.3, -0.25) is 4.98 Å². The van der Waals surface area contributed by atoms with Crippen LogP contribution in [0.2, 0.25) is 0 Å². The number of fused-ring (bicyclic) bond motifs is 1. The standard InChI is InChI=1S/C16H21N3S/c1-3-8-18-13-5-4-6-14-15(13)20-16(19-14)12-7-9-17-10-11(12)2/h7,9-10,13,18H,3-6,8H2,1-2H3. The van der Waals surface area contributed by atoms with Gasteiger partial charge >= 0.3 is 0 Å². The van der Waals surface area contributed by atoms with Gasteiger partial charge in [-0.1, -0.05) is 6.92 Å². The third-order valence-electron chi connectivity index (χ3n) is 3.84. The number of thiazole rings is 1. The third kappa shape index (κ3) is 2.63. The molecule has 0 bridgehead atoms. The molecule has 0 radical (unpaired) electrons. The summed E-state index contributed by atoms with van der Waals surface area (Å²) in [5, 5.41) is 4.82. The maximum Gasteiger partial charge on any atom is 0.124 e. The van der Waals surface area contributed by atoms with Crippen LogP contribution in [-0.2, 0) is 6.42 Å². The molecule has 0 saturated carbocycles. The highest BCUT2D eigenvalue weighted by atomic mass is 32.1. The van der Waals surface area contributed by atoms with Crippen LogP contribution < -0.4 is 5.32 Å². The molecule has 0 aliphatic heterocycles. The lowest BCUT2D eigenvalue weighted by Gasteiger charge is -2.22. The van der Waals surface area contributed by atoms with Crippen molar-refractivity contribution >= 4 is 11.3 Å². The Morgan fingerprint density at radius 1 is 1.45 bits per heavy atom. The molecule has 0 saturated heterocycles. The average Bonchev–Trinajstić information content (AvgIpc) is 2.89. The second-order valence-corrected chi connectivity index (χ2v) is 6.45. The number of nitrogens with one attached hydrogen (secondary N) is 1. The number of nitrogens with zero attached hydrogens (tertiary/aromatic N) is 2. The van der Waals surface area contributed by atoms with E-state index in [1.807, 2.05) is 23.7 Å². The predicted molar refractivity (Wildman–Crippen MR) is 84.1 cm³/mol. The van der Waals surface area contributed by atoms with Crippen molar-refractivity contribution in [3.8, 4) is 10.6 Å². The molecule has 1 aliphatic carbocycles. The van der Waals surface area contributed by atoms with Gasteiger partial charge < -0.3 is 5.32 Å². The first-order chi connectivity index (χ1) is 9.79. The van der Waals surface area contributed by atoms with Crippen LogP contribution in [0.1, 0.15) is 48.4 Å². The normalized spacial score (nSPS) is 18.0. The van der Waals surface area contributed by atoms with E-state index < -0.39 is 0 Å². The Hall–Kier alpha value is -1.26. The monoisotopic (exact) mass is 287 g/mol. The Kier molecular flexibility index (Phi) is 4.13. The molecule has 0 aromatic carbocycles. The third-order valence-corrected chi connectivity index (χ3v) is 5.09. The highest BCUT2D eigenvalue weighted by Gasteiger charge is 2.24. The molecule has 1 unspecified atom stereocenters. The predicted octanol–water partition coefficient (Wildman–Crippen LogP) is 3.89. The molecule has 1 N–H and O–H groups in total. The van der Waals surface area contributed by atoms with E-state index in [4.69, 9.17) is 4.98 Å². The van der Waals surface area contributed by atoms with Crippen molar-refractivity contribution in [1.82, 2.24) is 15.3 Å². The molecule has 3 nitrogen and oxygen atoms in total. The summed E-state index contributed by atoms with van der Waals surface area (Å²) < 4.78 is 0. The number of aromatic nitrogens is 2. The van der Waals surface area contributed by atoms with Gasteiger partial charge in [0.05, 0.1) is 5.69 Å². The number of hydrogen-bond donors (Lipinski definition) is 1. The van der Waals surface area contributed by atoms with Crippen LogP contribution in [-0.4, -0.2) is 16.5 Å². The summed E-state index contributed by atoms with van der Waals surface area (Å²) in [6.07, 6.45) is 8.57. The molecule has 3 rings (SSSR count). The zero-order valence-corrected chi connectivity index (χ0v) is 13.0. The molecule has 2 heterocycles. The molecular formula is C16H21N3S. The summed E-state index contributed by atoms with van der Waals surface area (Å²) in [6, 6.07) is 2.58. The maximum atomic E-state index is 4.89. The van der Waals surface area contributed by atoms with Crippen molar-refractivity contribution in [3.63, 3.8) is 0 Å². The van der Waals surface area contributed by atoms with Gasteiger partial charge in [0.15, 0.2) is 0 Å². The Labute approximate surface area is 124 Å². The lowest BCUT2D eigenvalue weighted by Crippen LogP contribution is -2.24. The fourth-order valence-electron chi connectivity index (χ4n) is 2.76. The molecule has 20 heavy (non-hydrogen) atoms. The van der Waals surface area contributed by atoms with Crippen molar-refractivity contribution in [1.29, 1.82) is 0 Å². The Balaban J connectivity index is 1.93. The Morgan fingerprint density at radius 2 is 2.35 bits per heavy atom. The first kappa shape index (κ1) is 13.7. The van der Waals surface area contributed by atoms with E-state index in [2.05, 4.69) is 30.2 Å². The van der Waals surface area contributed by atoms with E-state index in [1.54, 1.807) is 0 Å². The van der Waals surface area contributed by atoms with E-state index in [0.717, 1.165) is 18.0 Å². The minimum Gasteiger partial charge on any atom is -0.309 e. The molecular weight excluding hydrogens is 266 g/mol. The fraction of sp³-hybridized carbons (Fsp3) is 0.500. The van der Waals surface area contributed by atoms with Crippen LogP contribution in [0.5, 0.6) is 0 Å². The number of hydrogen-bond acceptors (Lipinski definition) is 4. The summed E-state index contributed by atoms with van der Waals surface area (Å²) in [5.74, 6) is 0. The van der Waals surface area contributed by atoms with Crippen LogP contribution in [0.25, 0.3) is 10.6 Å². The minimum absolute atomic E-state index is 0.507. The molecule has 1 aliphatic rings. The summed E-state index contributed by atoms with van der Waals surface area (Å²) >= 11 is 1.86. The van der Waals surface area contributed by atoms with Crippen LogP contribution in [0.15, 0.2) is 18.5 Å². The van der Waals surface area contributed by atoms with E-state index >= 15 is 0 Å². The van der Waals surface area contributed by atoms with Crippen molar-refractivity contribution < 1.29 is 0 Å². The lowest BCUT2D eigenvalue weighted by molar-refractivity contribution is 0.465. The molecule has 2 aromatic rings. The van der Waals surface area contributed by atoms with Gasteiger partial charge in [0, 0.05) is 28.9 Å². The molecule has 0 fully saturated rings. The molecule has 106 valence electrons. The van der Waals surface area contributed by atoms with E-state index in [-0.39, 0.29) is 0 Å². The smallest absolute Gasteiger partial charge is 0.124 e. The van der Waals surface area contributed by atoms with Gasteiger partial charge in [0.25, 0.3) is 0 Å². The van der Waals surface area contributed by atoms with Crippen LogP contribution in [0.4, 0.5) is 0 Å². The van der Waals surface area contributed by atoms with Crippen LogP contribution in [0.3, 0.4) is 0 Å². The van der Waals surface area contributed by atoms with Gasteiger partial charge in [0.1, 0.15) is 5.01 Å². The highest BCUT2D eigenvalue weighted by molar-refractivity contribution is 7.15. The molecule has 1 atom stereocenters. The van der Waals surface area contributed by atoms with Crippen molar-refractivity contribution in [2.45, 2.75) is 45.6 Å². The van der Waals surface area contributed by atoms with Crippen LogP contribution in [0, 0.1) is 6.92 Å². The van der Waals surface area contributed by atoms with Crippen molar-refractivity contribution in [3.05, 3.63) is 34.6 Å². The quantitative estimate of drug-likeness (QED) is 0.927. The number of rotatable bonds is 4. The Bertz CT molecular complexity index is 591. The number of aryl methyl sites for hydroxylation is 2. The van der Waals surface area contributed by atoms with Gasteiger partial charge in [-0.15, -0.1) is 11.3 Å². The fourth-order valence-corrected chi connectivity index (χ4v) is 4.07. The Morgan fingerprint density at radius 3 is 3.15 bits per heavy atom. The molecule has 0 spiro atoms. The summed E-state index contributed by atoms with van der Waals surface area (Å²) in [6.45, 7) is 5.41. The minimum atomic E-state index is 0.507.